The van der Waals surface area contributed by atoms with Crippen molar-refractivity contribution >= 4 is 5.97 Å². The number of H-pyrrole nitrogens is 1. The summed E-state index contributed by atoms with van der Waals surface area (Å²) in [5.74, 6) is -2.23. The zero-order valence-corrected chi connectivity index (χ0v) is 10.6. The Morgan fingerprint density at radius 3 is 2.48 bits per heavy atom. The maximum atomic E-state index is 12.8. The molecule has 5 nitrogen and oxygen atoms in total. The fraction of sp³-hybridized carbons (Fsp3) is 0.455. The molecule has 0 aliphatic rings. The van der Waals surface area contributed by atoms with Crippen molar-refractivity contribution in [1.82, 2.24) is 4.98 Å². The lowest BCUT2D eigenvalue weighted by Gasteiger charge is -2.12. The molecule has 0 aliphatic carbocycles. The molecule has 0 fully saturated rings. The van der Waals surface area contributed by atoms with E-state index < -0.39 is 47.6 Å². The van der Waals surface area contributed by atoms with Gasteiger partial charge in [0.1, 0.15) is 0 Å². The van der Waals surface area contributed by atoms with Crippen LogP contribution in [0.5, 0.6) is 5.75 Å². The number of alkyl halides is 5. The van der Waals surface area contributed by atoms with Crippen LogP contribution in [0.2, 0.25) is 0 Å². The van der Waals surface area contributed by atoms with E-state index in [1.807, 2.05) is 4.98 Å². The van der Waals surface area contributed by atoms with E-state index in [1.54, 1.807) is 0 Å². The van der Waals surface area contributed by atoms with E-state index in [2.05, 4.69) is 9.47 Å². The molecule has 0 unspecified atom stereocenters. The lowest BCUT2D eigenvalue weighted by molar-refractivity contribution is -0.275. The summed E-state index contributed by atoms with van der Waals surface area (Å²) >= 11 is 0. The maximum absolute atomic E-state index is 12.8. The number of ether oxygens (including phenoxy) is 2. The second-order valence-corrected chi connectivity index (χ2v) is 3.70. The van der Waals surface area contributed by atoms with Gasteiger partial charge in [0.2, 0.25) is 5.43 Å². The molecule has 0 bridgehead atoms. The van der Waals surface area contributed by atoms with Gasteiger partial charge in [0.25, 0.3) is 6.43 Å². The van der Waals surface area contributed by atoms with E-state index in [9.17, 15) is 31.5 Å². The van der Waals surface area contributed by atoms with Gasteiger partial charge in [-0.15, -0.1) is 13.2 Å². The van der Waals surface area contributed by atoms with Crippen LogP contribution in [-0.4, -0.2) is 23.9 Å². The van der Waals surface area contributed by atoms with E-state index in [0.29, 0.717) is 6.20 Å². The van der Waals surface area contributed by atoms with Crippen LogP contribution in [0.4, 0.5) is 22.0 Å². The molecule has 1 heterocycles. The largest absolute Gasteiger partial charge is 0.573 e. The first-order valence-corrected chi connectivity index (χ1v) is 5.59. The molecule has 1 N–H and O–H groups in total. The fourth-order valence-electron chi connectivity index (χ4n) is 1.50. The van der Waals surface area contributed by atoms with Gasteiger partial charge in [-0.1, -0.05) is 0 Å². The summed E-state index contributed by atoms with van der Waals surface area (Å²) in [6, 6.07) is 0. The van der Waals surface area contributed by atoms with E-state index in [4.69, 9.17) is 0 Å². The summed E-state index contributed by atoms with van der Waals surface area (Å²) in [7, 11) is 0. The van der Waals surface area contributed by atoms with Gasteiger partial charge in [-0.2, -0.15) is 0 Å². The highest BCUT2D eigenvalue weighted by Gasteiger charge is 2.34. The highest BCUT2D eigenvalue weighted by atomic mass is 19.4. The number of nitrogens with one attached hydrogen (secondary N) is 1. The molecule has 0 saturated carbocycles. The molecule has 1 aromatic rings. The minimum atomic E-state index is -5.20. The minimum Gasteiger partial charge on any atom is -0.466 e. The Hall–Kier alpha value is -2.13. The first kappa shape index (κ1) is 16.9. The molecule has 0 radical (unpaired) electrons. The summed E-state index contributed by atoms with van der Waals surface area (Å²) in [6.07, 6.45) is -8.81. The Morgan fingerprint density at radius 2 is 2.00 bits per heavy atom. The van der Waals surface area contributed by atoms with Crippen molar-refractivity contribution in [2.45, 2.75) is 26.1 Å². The topological polar surface area (TPSA) is 68.4 Å². The third-order valence-electron chi connectivity index (χ3n) is 2.24. The number of carbonyl (C=O) groups excluding carboxylic acids is 1. The van der Waals surface area contributed by atoms with E-state index in [1.165, 1.54) is 6.92 Å². The molecule has 118 valence electrons. The van der Waals surface area contributed by atoms with E-state index in [0.717, 1.165) is 0 Å². The normalized spacial score (nSPS) is 11.6. The number of carbonyl (C=O) groups is 1. The SMILES string of the molecule is CCOC(=O)Cc1[nH]cc(OC(F)(F)F)c(=O)c1C(F)F. The Balaban J connectivity index is 3.20. The van der Waals surface area contributed by atoms with Crippen LogP contribution in [0, 0.1) is 0 Å². The predicted octanol–water partition coefficient (Wildman–Crippen LogP) is 2.32. The number of hydrogen-bond acceptors (Lipinski definition) is 4. The highest BCUT2D eigenvalue weighted by molar-refractivity contribution is 5.72. The number of aromatic amines is 1. The van der Waals surface area contributed by atoms with Gasteiger partial charge in [0, 0.05) is 11.9 Å². The molecule has 0 aliphatic heterocycles. The van der Waals surface area contributed by atoms with Gasteiger partial charge < -0.3 is 14.5 Å². The molecule has 1 rings (SSSR count). The first-order valence-electron chi connectivity index (χ1n) is 5.59. The average Bonchev–Trinajstić information content (AvgIpc) is 2.31. The predicted molar refractivity (Wildman–Crippen MR) is 59.0 cm³/mol. The number of hydrogen-bond donors (Lipinski definition) is 1. The maximum Gasteiger partial charge on any atom is 0.573 e. The van der Waals surface area contributed by atoms with E-state index in [-0.39, 0.29) is 6.61 Å². The van der Waals surface area contributed by atoms with Crippen molar-refractivity contribution in [1.29, 1.82) is 0 Å². The number of halogens is 5. The van der Waals surface area contributed by atoms with Crippen molar-refractivity contribution in [3.05, 3.63) is 27.7 Å². The molecular weight excluding hydrogens is 305 g/mol. The van der Waals surface area contributed by atoms with Gasteiger partial charge in [0.15, 0.2) is 5.75 Å². The summed E-state index contributed by atoms with van der Waals surface area (Å²) < 4.78 is 69.6. The second-order valence-electron chi connectivity index (χ2n) is 3.70. The van der Waals surface area contributed by atoms with Crippen molar-refractivity contribution in [3.8, 4) is 5.75 Å². The number of pyridine rings is 1. The highest BCUT2D eigenvalue weighted by Crippen LogP contribution is 2.24. The molecule has 0 aromatic carbocycles. The third-order valence-corrected chi connectivity index (χ3v) is 2.24. The van der Waals surface area contributed by atoms with E-state index >= 15 is 0 Å². The Bertz CT molecular complexity index is 567. The lowest BCUT2D eigenvalue weighted by Crippen LogP contribution is -2.25. The van der Waals surface area contributed by atoms with Crippen molar-refractivity contribution in [2.24, 2.45) is 0 Å². The van der Waals surface area contributed by atoms with Crippen molar-refractivity contribution in [3.63, 3.8) is 0 Å². The van der Waals surface area contributed by atoms with Gasteiger partial charge in [0.05, 0.1) is 18.6 Å². The number of rotatable bonds is 5. The Kier molecular flexibility index (Phi) is 5.28. The third kappa shape index (κ3) is 4.72. The summed E-state index contributed by atoms with van der Waals surface area (Å²) in [4.78, 5) is 24.8. The zero-order chi connectivity index (χ0) is 16.2. The molecule has 0 saturated heterocycles. The summed E-state index contributed by atoms with van der Waals surface area (Å²) in [5.41, 5.74) is -3.42. The molecule has 1 aromatic heterocycles. The monoisotopic (exact) mass is 315 g/mol. The summed E-state index contributed by atoms with van der Waals surface area (Å²) in [6.45, 7) is 1.47. The van der Waals surface area contributed by atoms with Crippen LogP contribution >= 0.6 is 0 Å². The van der Waals surface area contributed by atoms with Crippen LogP contribution in [0.25, 0.3) is 0 Å². The van der Waals surface area contributed by atoms with Gasteiger partial charge in [-0.25, -0.2) is 8.78 Å². The zero-order valence-electron chi connectivity index (χ0n) is 10.6. The van der Waals surface area contributed by atoms with Crippen LogP contribution < -0.4 is 10.2 Å². The minimum absolute atomic E-state index is 0.0116. The number of esters is 1. The average molecular weight is 315 g/mol. The molecule has 0 amide bonds. The lowest BCUT2D eigenvalue weighted by atomic mass is 10.1. The first-order chi connectivity index (χ1) is 9.65. The van der Waals surface area contributed by atoms with Crippen LogP contribution in [-0.2, 0) is 16.0 Å². The molecule has 0 spiro atoms. The molecule has 21 heavy (non-hydrogen) atoms. The van der Waals surface area contributed by atoms with Crippen molar-refractivity contribution < 1.29 is 36.2 Å². The standard InChI is InChI=1S/C11H10F5NO4/c1-2-20-7(18)3-5-8(10(12)13)9(19)6(4-17-5)21-11(14,15)16/h4,10H,2-3H2,1H3,(H,17,19). The van der Waals surface area contributed by atoms with Gasteiger partial charge >= 0.3 is 12.3 Å². The second kappa shape index (κ2) is 6.55. The molecule has 10 heteroatoms. The Morgan fingerprint density at radius 1 is 1.38 bits per heavy atom. The van der Waals surface area contributed by atoms with Gasteiger partial charge in [-0.05, 0) is 6.92 Å². The van der Waals surface area contributed by atoms with Crippen LogP contribution in [0.15, 0.2) is 11.0 Å². The quantitative estimate of drug-likeness (QED) is 0.669. The van der Waals surface area contributed by atoms with Gasteiger partial charge in [-0.3, -0.25) is 9.59 Å². The summed E-state index contributed by atoms with van der Waals surface area (Å²) in [5, 5.41) is 0. The van der Waals surface area contributed by atoms with Crippen molar-refractivity contribution in [2.75, 3.05) is 6.61 Å². The molecule has 0 atom stereocenters. The molecular formula is C11H10F5NO4. The fourth-order valence-corrected chi connectivity index (χ4v) is 1.50. The number of aromatic nitrogens is 1. The Labute approximate surface area is 114 Å². The van der Waals surface area contributed by atoms with Crippen LogP contribution in [0.3, 0.4) is 0 Å². The smallest absolute Gasteiger partial charge is 0.466 e. The van der Waals surface area contributed by atoms with Crippen LogP contribution in [0.1, 0.15) is 24.6 Å².